The molecule has 2 aromatic heterocycles. The molecule has 1 saturated carbocycles. The summed E-state index contributed by atoms with van der Waals surface area (Å²) >= 11 is 0. The first kappa shape index (κ1) is 17.0. The smallest absolute Gasteiger partial charge is 0.342 e. The summed E-state index contributed by atoms with van der Waals surface area (Å²) in [7, 11) is 0. The second-order valence-corrected chi connectivity index (χ2v) is 6.82. The van der Waals surface area contributed by atoms with Crippen LogP contribution >= 0.6 is 0 Å². The number of aromatic carboxylic acids is 1. The van der Waals surface area contributed by atoms with Gasteiger partial charge in [0.05, 0.1) is 5.41 Å². The molecule has 1 aromatic carbocycles. The molecule has 1 aliphatic carbocycles. The minimum absolute atomic E-state index is 0.0383. The lowest BCUT2D eigenvalue weighted by Gasteiger charge is -2.29. The molecule has 0 amide bonds. The van der Waals surface area contributed by atoms with Gasteiger partial charge < -0.3 is 10.8 Å². The highest BCUT2D eigenvalue weighted by Crippen LogP contribution is 2.42. The Morgan fingerprint density at radius 3 is 2.44 bits per heavy atom. The quantitative estimate of drug-likeness (QED) is 0.731. The number of hydrogen-bond acceptors (Lipinski definition) is 5. The van der Waals surface area contributed by atoms with Crippen LogP contribution in [0.1, 0.15) is 46.4 Å². The first-order valence-corrected chi connectivity index (χ1v) is 8.68. The van der Waals surface area contributed by atoms with Gasteiger partial charge >= 0.3 is 5.97 Å². The summed E-state index contributed by atoms with van der Waals surface area (Å²) in [5.41, 5.74) is 4.63. The zero-order valence-corrected chi connectivity index (χ0v) is 14.5. The summed E-state index contributed by atoms with van der Waals surface area (Å²) in [5.74, 6) is -1.66. The highest BCUT2D eigenvalue weighted by Gasteiger charge is 2.44. The predicted molar refractivity (Wildman–Crippen MR) is 98.0 cm³/mol. The van der Waals surface area contributed by atoms with Gasteiger partial charge in [-0.25, -0.2) is 4.79 Å². The van der Waals surface area contributed by atoms with E-state index in [1.54, 1.807) is 0 Å². The van der Waals surface area contributed by atoms with Crippen LogP contribution in [0.4, 0.5) is 5.82 Å². The fraction of sp³-hybridized carbons (Fsp3) is 0.263. The number of carbonyl (C=O) groups is 2. The average Bonchev–Trinajstić information content (AvgIpc) is 3.30. The Bertz CT molecular complexity index is 1110. The van der Waals surface area contributed by atoms with Gasteiger partial charge in [0.25, 0.3) is 5.56 Å². The van der Waals surface area contributed by atoms with E-state index in [0.29, 0.717) is 12.8 Å². The highest BCUT2D eigenvalue weighted by molar-refractivity contribution is 5.95. The molecule has 1 aliphatic rings. The van der Waals surface area contributed by atoms with Gasteiger partial charge in [0.2, 0.25) is 5.91 Å². The van der Waals surface area contributed by atoms with E-state index in [0.717, 1.165) is 29.1 Å². The van der Waals surface area contributed by atoms with Gasteiger partial charge in [0.15, 0.2) is 0 Å². The molecule has 0 unspecified atom stereocenters. The van der Waals surface area contributed by atoms with E-state index in [-0.39, 0.29) is 17.4 Å². The van der Waals surface area contributed by atoms with Crippen molar-refractivity contribution in [2.75, 3.05) is 5.73 Å². The summed E-state index contributed by atoms with van der Waals surface area (Å²) in [4.78, 5) is 37.6. The summed E-state index contributed by atoms with van der Waals surface area (Å²) in [6, 6.07) is 10.9. The molecule has 0 aliphatic heterocycles. The molecule has 138 valence electrons. The molecule has 0 saturated heterocycles. The zero-order chi connectivity index (χ0) is 19.2. The largest absolute Gasteiger partial charge is 0.477 e. The summed E-state index contributed by atoms with van der Waals surface area (Å²) in [5, 5.41) is 13.3. The molecular formula is C19H18N4O4. The van der Waals surface area contributed by atoms with Gasteiger partial charge in [-0.2, -0.15) is 4.52 Å². The minimum Gasteiger partial charge on any atom is -0.477 e. The van der Waals surface area contributed by atoms with Gasteiger partial charge in [-0.3, -0.25) is 14.2 Å². The van der Waals surface area contributed by atoms with Gasteiger partial charge in [0.1, 0.15) is 17.0 Å². The Morgan fingerprint density at radius 1 is 1.15 bits per heavy atom. The number of carbonyl (C=O) groups excluding carboxylic acids is 1. The van der Waals surface area contributed by atoms with Crippen molar-refractivity contribution in [2.24, 2.45) is 0 Å². The van der Waals surface area contributed by atoms with Crippen LogP contribution in [0.15, 0.2) is 47.4 Å². The maximum absolute atomic E-state index is 13.7. The second kappa shape index (κ2) is 6.08. The first-order valence-electron chi connectivity index (χ1n) is 8.68. The van der Waals surface area contributed by atoms with Gasteiger partial charge in [0, 0.05) is 12.3 Å². The molecule has 2 heterocycles. The van der Waals surface area contributed by atoms with Crippen molar-refractivity contribution in [2.45, 2.75) is 31.1 Å². The molecule has 0 spiro atoms. The number of benzene rings is 1. The van der Waals surface area contributed by atoms with Crippen molar-refractivity contribution in [1.82, 2.24) is 14.2 Å². The van der Waals surface area contributed by atoms with Crippen molar-refractivity contribution < 1.29 is 14.7 Å². The number of anilines is 1. The van der Waals surface area contributed by atoms with Crippen LogP contribution in [0.3, 0.4) is 0 Å². The van der Waals surface area contributed by atoms with E-state index in [9.17, 15) is 19.5 Å². The summed E-state index contributed by atoms with van der Waals surface area (Å²) < 4.78 is 2.09. The Kier molecular flexibility index (Phi) is 3.83. The minimum atomic E-state index is -1.42. The van der Waals surface area contributed by atoms with Crippen molar-refractivity contribution in [1.29, 1.82) is 0 Å². The lowest BCUT2D eigenvalue weighted by Crippen LogP contribution is -2.39. The Morgan fingerprint density at radius 2 is 1.81 bits per heavy atom. The van der Waals surface area contributed by atoms with E-state index >= 15 is 0 Å². The van der Waals surface area contributed by atoms with Crippen molar-refractivity contribution in [3.8, 4) is 0 Å². The standard InChI is InChI=1S/C19H18N4O4/c20-14-10-15-22(11-13(17(25)26)16(24)23(15)21-14)18(27)19(8-4-5-9-19)12-6-2-1-3-7-12/h1-3,6-7,10-11H,4-5,8-9H2,(H2,20,21)(H,25,26). The third-order valence-electron chi connectivity index (χ3n) is 5.28. The van der Waals surface area contributed by atoms with E-state index in [4.69, 9.17) is 5.73 Å². The van der Waals surface area contributed by atoms with Crippen molar-refractivity contribution in [3.63, 3.8) is 0 Å². The van der Waals surface area contributed by atoms with E-state index < -0.39 is 22.5 Å². The number of carboxylic acids is 1. The number of nitrogens with two attached hydrogens (primary N) is 1. The predicted octanol–water partition coefficient (Wildman–Crippen LogP) is 1.93. The number of aromatic nitrogens is 3. The topological polar surface area (TPSA) is 120 Å². The number of rotatable bonds is 3. The molecule has 0 atom stereocenters. The molecule has 4 rings (SSSR count). The van der Waals surface area contributed by atoms with Crippen molar-refractivity contribution >= 4 is 23.3 Å². The van der Waals surface area contributed by atoms with Gasteiger partial charge in [-0.15, -0.1) is 5.10 Å². The van der Waals surface area contributed by atoms with Crippen LogP contribution in [0.2, 0.25) is 0 Å². The molecule has 3 aromatic rings. The van der Waals surface area contributed by atoms with Crippen LogP contribution in [0.5, 0.6) is 0 Å². The molecule has 8 nitrogen and oxygen atoms in total. The van der Waals surface area contributed by atoms with Crippen LogP contribution in [0, 0.1) is 0 Å². The number of nitrogens with zero attached hydrogens (tertiary/aromatic N) is 3. The lowest BCUT2D eigenvalue weighted by molar-refractivity contribution is 0.0693. The monoisotopic (exact) mass is 366 g/mol. The van der Waals surface area contributed by atoms with E-state index in [2.05, 4.69) is 5.10 Å². The second-order valence-electron chi connectivity index (χ2n) is 6.82. The fourth-order valence-electron chi connectivity index (χ4n) is 3.98. The number of fused-ring (bicyclic) bond motifs is 1. The average molecular weight is 366 g/mol. The van der Waals surface area contributed by atoms with Crippen LogP contribution in [-0.2, 0) is 5.41 Å². The Hall–Kier alpha value is -3.42. The number of carboxylic acid groups (broad SMARTS) is 1. The van der Waals surface area contributed by atoms with Gasteiger partial charge in [-0.05, 0) is 18.4 Å². The molecule has 27 heavy (non-hydrogen) atoms. The zero-order valence-electron chi connectivity index (χ0n) is 14.5. The normalized spacial score (nSPS) is 15.9. The van der Waals surface area contributed by atoms with Gasteiger partial charge in [-0.1, -0.05) is 43.2 Å². The van der Waals surface area contributed by atoms with E-state index in [1.807, 2.05) is 30.3 Å². The highest BCUT2D eigenvalue weighted by atomic mass is 16.4. The Balaban J connectivity index is 1.98. The number of nitrogen functional groups attached to an aromatic ring is 1. The Labute approximate surface area is 153 Å². The third kappa shape index (κ3) is 2.52. The maximum atomic E-state index is 13.7. The molecule has 1 fully saturated rings. The maximum Gasteiger partial charge on any atom is 0.342 e. The molecule has 0 bridgehead atoms. The molecule has 3 N–H and O–H groups in total. The third-order valence-corrected chi connectivity index (χ3v) is 5.28. The molecular weight excluding hydrogens is 348 g/mol. The fourth-order valence-corrected chi connectivity index (χ4v) is 3.98. The van der Waals surface area contributed by atoms with E-state index in [1.165, 1.54) is 10.6 Å². The van der Waals surface area contributed by atoms with Crippen LogP contribution < -0.4 is 11.3 Å². The SMILES string of the molecule is Nc1cc2n(C(=O)C3(c4ccccc4)CCCC3)cc(C(=O)O)c(=O)n2n1. The van der Waals surface area contributed by atoms with Crippen LogP contribution in [-0.4, -0.2) is 31.2 Å². The molecule has 8 heteroatoms. The summed E-state index contributed by atoms with van der Waals surface area (Å²) in [6.07, 6.45) is 4.18. The first-order chi connectivity index (χ1) is 12.9. The number of hydrogen-bond donors (Lipinski definition) is 2. The summed E-state index contributed by atoms with van der Waals surface area (Å²) in [6.45, 7) is 0. The van der Waals surface area contributed by atoms with Crippen LogP contribution in [0.25, 0.3) is 5.65 Å². The lowest BCUT2D eigenvalue weighted by atomic mass is 9.78. The van der Waals surface area contributed by atoms with Crippen molar-refractivity contribution in [3.05, 3.63) is 64.1 Å². The molecule has 0 radical (unpaired) electrons.